The second-order valence-corrected chi connectivity index (χ2v) is 3.91. The topological polar surface area (TPSA) is 27.8 Å². The van der Waals surface area contributed by atoms with Crippen molar-refractivity contribution in [3.05, 3.63) is 35.5 Å². The van der Waals surface area contributed by atoms with Crippen LogP contribution < -0.4 is 5.32 Å². The zero-order valence-corrected chi connectivity index (χ0v) is 7.98. The molecule has 4 heteroatoms. The van der Waals surface area contributed by atoms with E-state index in [1.807, 2.05) is 0 Å². The van der Waals surface area contributed by atoms with Crippen molar-refractivity contribution in [2.45, 2.75) is 5.92 Å². The minimum atomic E-state index is -0.525. The lowest BCUT2D eigenvalue weighted by atomic mass is 9.93. The molecule has 2 heterocycles. The lowest BCUT2D eigenvalue weighted by Gasteiger charge is -2.26. The van der Waals surface area contributed by atoms with Gasteiger partial charge in [-0.3, -0.25) is 0 Å². The minimum Gasteiger partial charge on any atom is -0.359 e. The van der Waals surface area contributed by atoms with Crippen LogP contribution in [0.3, 0.4) is 0 Å². The van der Waals surface area contributed by atoms with Gasteiger partial charge >= 0.3 is 0 Å². The van der Waals surface area contributed by atoms with Crippen LogP contribution >= 0.6 is 0 Å². The normalized spacial score (nSPS) is 16.9. The number of hydrogen-bond acceptors (Lipinski definition) is 1. The number of aromatic nitrogens is 1. The van der Waals surface area contributed by atoms with E-state index in [0.29, 0.717) is 16.8 Å². The zero-order chi connectivity index (χ0) is 10.4. The summed E-state index contributed by atoms with van der Waals surface area (Å²) in [4.78, 5) is 2.86. The van der Waals surface area contributed by atoms with Gasteiger partial charge < -0.3 is 10.3 Å². The fraction of sp³-hybridized carbons (Fsp3) is 0.273. The molecule has 2 nitrogen and oxygen atoms in total. The highest BCUT2D eigenvalue weighted by Crippen LogP contribution is 2.29. The summed E-state index contributed by atoms with van der Waals surface area (Å²) < 4.78 is 26.4. The molecule has 0 amide bonds. The van der Waals surface area contributed by atoms with Gasteiger partial charge in [-0.15, -0.1) is 0 Å². The maximum Gasteiger partial charge on any atom is 0.150 e. The summed E-state index contributed by atoms with van der Waals surface area (Å²) >= 11 is 0. The molecule has 0 radical (unpaired) electrons. The molecular weight excluding hydrogens is 198 g/mol. The van der Waals surface area contributed by atoms with E-state index in [0.717, 1.165) is 24.7 Å². The van der Waals surface area contributed by atoms with E-state index in [1.165, 1.54) is 6.07 Å². The number of fused-ring (bicyclic) bond motifs is 1. The van der Waals surface area contributed by atoms with E-state index in [4.69, 9.17) is 0 Å². The van der Waals surface area contributed by atoms with Gasteiger partial charge in [-0.2, -0.15) is 0 Å². The predicted molar refractivity (Wildman–Crippen MR) is 53.8 cm³/mol. The Morgan fingerprint density at radius 1 is 1.20 bits per heavy atom. The van der Waals surface area contributed by atoms with Crippen LogP contribution in [0.1, 0.15) is 11.5 Å². The predicted octanol–water partition coefficient (Wildman–Crippen LogP) is 2.13. The maximum absolute atomic E-state index is 13.4. The molecule has 0 spiro atoms. The van der Waals surface area contributed by atoms with Gasteiger partial charge in [0.15, 0.2) is 0 Å². The van der Waals surface area contributed by atoms with Gasteiger partial charge in [-0.05, 0) is 11.6 Å². The molecule has 1 saturated heterocycles. The minimum absolute atomic E-state index is 0.375. The van der Waals surface area contributed by atoms with Gasteiger partial charge in [0.2, 0.25) is 0 Å². The highest BCUT2D eigenvalue weighted by atomic mass is 19.1. The van der Waals surface area contributed by atoms with Crippen molar-refractivity contribution in [1.29, 1.82) is 0 Å². The van der Waals surface area contributed by atoms with E-state index < -0.39 is 11.6 Å². The molecule has 0 saturated carbocycles. The Hall–Kier alpha value is -1.42. The Bertz CT molecular complexity index is 515. The van der Waals surface area contributed by atoms with Crippen molar-refractivity contribution in [2.75, 3.05) is 13.1 Å². The smallest absolute Gasteiger partial charge is 0.150 e. The van der Waals surface area contributed by atoms with Crippen LogP contribution in [0.15, 0.2) is 18.3 Å². The maximum atomic E-state index is 13.4. The Kier molecular flexibility index (Phi) is 1.79. The van der Waals surface area contributed by atoms with E-state index in [2.05, 4.69) is 10.3 Å². The fourth-order valence-electron chi connectivity index (χ4n) is 2.02. The third kappa shape index (κ3) is 1.25. The van der Waals surface area contributed by atoms with Crippen molar-refractivity contribution in [3.8, 4) is 0 Å². The van der Waals surface area contributed by atoms with E-state index in [-0.39, 0.29) is 0 Å². The number of hydrogen-bond donors (Lipinski definition) is 2. The van der Waals surface area contributed by atoms with Crippen LogP contribution in [0.25, 0.3) is 10.9 Å². The average molecular weight is 208 g/mol. The molecule has 2 aromatic rings. The van der Waals surface area contributed by atoms with Gasteiger partial charge in [-0.25, -0.2) is 8.78 Å². The van der Waals surface area contributed by atoms with Crippen molar-refractivity contribution < 1.29 is 8.78 Å². The monoisotopic (exact) mass is 208 g/mol. The van der Waals surface area contributed by atoms with E-state index >= 15 is 0 Å². The van der Waals surface area contributed by atoms with Gasteiger partial charge in [0.05, 0.1) is 5.52 Å². The van der Waals surface area contributed by atoms with E-state index in [9.17, 15) is 8.78 Å². The first-order chi connectivity index (χ1) is 7.25. The van der Waals surface area contributed by atoms with Gasteiger partial charge in [0, 0.05) is 36.7 Å². The first kappa shape index (κ1) is 8.85. The van der Waals surface area contributed by atoms with Crippen LogP contribution in [0, 0.1) is 11.6 Å². The van der Waals surface area contributed by atoms with Crippen LogP contribution in [0.2, 0.25) is 0 Å². The number of benzene rings is 1. The quantitative estimate of drug-likeness (QED) is 0.738. The SMILES string of the molecule is Fc1cc(F)c2[nH]cc(C3CNC3)c2c1. The Morgan fingerprint density at radius 3 is 2.67 bits per heavy atom. The summed E-state index contributed by atoms with van der Waals surface area (Å²) in [5, 5.41) is 3.81. The fourth-order valence-corrected chi connectivity index (χ4v) is 2.02. The molecule has 15 heavy (non-hydrogen) atoms. The highest BCUT2D eigenvalue weighted by molar-refractivity contribution is 5.84. The Labute approximate surface area is 85.3 Å². The molecule has 0 unspecified atom stereocenters. The van der Waals surface area contributed by atoms with E-state index in [1.54, 1.807) is 6.20 Å². The lowest BCUT2D eigenvalue weighted by molar-refractivity contribution is 0.450. The third-order valence-electron chi connectivity index (χ3n) is 2.96. The van der Waals surface area contributed by atoms with Crippen molar-refractivity contribution in [2.24, 2.45) is 0 Å². The zero-order valence-electron chi connectivity index (χ0n) is 7.98. The molecule has 78 valence electrons. The summed E-state index contributed by atoms with van der Waals surface area (Å²) in [5.41, 5.74) is 1.40. The first-order valence-corrected chi connectivity index (χ1v) is 4.92. The molecule has 1 aliphatic rings. The third-order valence-corrected chi connectivity index (χ3v) is 2.96. The molecule has 1 aromatic heterocycles. The lowest BCUT2D eigenvalue weighted by Crippen LogP contribution is -2.39. The average Bonchev–Trinajstić information content (AvgIpc) is 2.46. The van der Waals surface area contributed by atoms with Crippen LogP contribution in [-0.2, 0) is 0 Å². The summed E-state index contributed by atoms with van der Waals surface area (Å²) in [6, 6.07) is 2.30. The largest absolute Gasteiger partial charge is 0.359 e. The van der Waals surface area contributed by atoms with Crippen LogP contribution in [-0.4, -0.2) is 18.1 Å². The number of rotatable bonds is 1. The molecule has 0 bridgehead atoms. The Morgan fingerprint density at radius 2 is 2.00 bits per heavy atom. The summed E-state index contributed by atoms with van der Waals surface area (Å²) in [5.74, 6) is -0.670. The summed E-state index contributed by atoms with van der Waals surface area (Å²) in [6.45, 7) is 1.76. The van der Waals surface area contributed by atoms with Gasteiger partial charge in [-0.1, -0.05) is 0 Å². The van der Waals surface area contributed by atoms with Gasteiger partial charge in [0.1, 0.15) is 11.6 Å². The number of H-pyrrole nitrogens is 1. The second kappa shape index (κ2) is 3.03. The molecule has 1 fully saturated rings. The molecule has 0 aliphatic carbocycles. The number of nitrogens with one attached hydrogen (secondary N) is 2. The Balaban J connectivity index is 2.23. The summed E-state index contributed by atoms with van der Waals surface area (Å²) in [7, 11) is 0. The van der Waals surface area contributed by atoms with Crippen molar-refractivity contribution in [1.82, 2.24) is 10.3 Å². The number of halogens is 2. The van der Waals surface area contributed by atoms with Gasteiger partial charge in [0.25, 0.3) is 0 Å². The molecule has 1 aliphatic heterocycles. The molecular formula is C11H10F2N2. The van der Waals surface area contributed by atoms with Crippen molar-refractivity contribution in [3.63, 3.8) is 0 Å². The molecule has 1 aromatic carbocycles. The molecule has 3 rings (SSSR count). The first-order valence-electron chi connectivity index (χ1n) is 4.92. The molecule has 2 N–H and O–H groups in total. The number of aromatic amines is 1. The van der Waals surface area contributed by atoms with Crippen LogP contribution in [0.5, 0.6) is 0 Å². The van der Waals surface area contributed by atoms with Crippen LogP contribution in [0.4, 0.5) is 8.78 Å². The van der Waals surface area contributed by atoms with Crippen molar-refractivity contribution >= 4 is 10.9 Å². The molecule has 0 atom stereocenters. The standard InChI is InChI=1S/C11H10F2N2/c12-7-1-8-9(6-3-14-4-6)5-15-11(8)10(13)2-7/h1-2,5-6,14-15H,3-4H2. The highest BCUT2D eigenvalue weighted by Gasteiger charge is 2.22. The second-order valence-electron chi connectivity index (χ2n) is 3.91. The summed E-state index contributed by atoms with van der Waals surface area (Å²) in [6.07, 6.45) is 1.78.